The second-order valence-corrected chi connectivity index (χ2v) is 6.41. The predicted molar refractivity (Wildman–Crippen MR) is 106 cm³/mol. The molecule has 2 N–H and O–H groups in total. The number of halogens is 1. The molecule has 0 aliphatic heterocycles. The molecule has 0 bridgehead atoms. The van der Waals surface area contributed by atoms with E-state index in [0.29, 0.717) is 17.3 Å². The molecule has 2 aromatic rings. The Kier molecular flexibility index (Phi) is 7.55. The second kappa shape index (κ2) is 9.90. The fourth-order valence-electron chi connectivity index (χ4n) is 2.59. The smallest absolute Gasteiger partial charge is 0.337 e. The van der Waals surface area contributed by atoms with Crippen LogP contribution in [0.3, 0.4) is 0 Å². The molecule has 0 radical (unpaired) electrons. The monoisotopic (exact) mass is 357 g/mol. The summed E-state index contributed by atoms with van der Waals surface area (Å²) in [4.78, 5) is 11.2. The molecule has 25 heavy (non-hydrogen) atoms. The highest BCUT2D eigenvalue weighted by Gasteiger charge is 2.09. The van der Waals surface area contributed by atoms with E-state index in [4.69, 9.17) is 11.6 Å². The van der Waals surface area contributed by atoms with E-state index in [1.807, 2.05) is 12.2 Å². The third-order valence-electron chi connectivity index (χ3n) is 3.98. The second-order valence-electron chi connectivity index (χ2n) is 5.98. The molecule has 0 heterocycles. The van der Waals surface area contributed by atoms with Gasteiger partial charge in [-0.2, -0.15) is 0 Å². The Morgan fingerprint density at radius 2 is 1.92 bits per heavy atom. The number of rotatable bonds is 9. The Bertz CT molecular complexity index is 723. The summed E-state index contributed by atoms with van der Waals surface area (Å²) in [5.74, 6) is -0.971. The number of anilines is 1. The van der Waals surface area contributed by atoms with E-state index in [1.165, 1.54) is 30.9 Å². The fraction of sp³-hybridized carbons (Fsp3) is 0.286. The molecule has 0 fully saturated rings. The quantitative estimate of drug-likeness (QED) is 0.549. The van der Waals surface area contributed by atoms with Gasteiger partial charge in [0.2, 0.25) is 0 Å². The molecule has 2 rings (SSSR count). The van der Waals surface area contributed by atoms with Crippen LogP contribution < -0.4 is 5.32 Å². The van der Waals surface area contributed by atoms with Gasteiger partial charge in [-0.15, -0.1) is 0 Å². The van der Waals surface area contributed by atoms with Gasteiger partial charge in [-0.1, -0.05) is 67.8 Å². The minimum Gasteiger partial charge on any atom is -0.478 e. The Morgan fingerprint density at radius 3 is 2.60 bits per heavy atom. The zero-order valence-electron chi connectivity index (χ0n) is 14.5. The molecule has 0 saturated carbocycles. The van der Waals surface area contributed by atoms with Crippen molar-refractivity contribution in [2.24, 2.45) is 0 Å². The van der Waals surface area contributed by atoms with Crippen molar-refractivity contribution in [3.63, 3.8) is 0 Å². The lowest BCUT2D eigenvalue weighted by Crippen LogP contribution is -2.06. The largest absolute Gasteiger partial charge is 0.478 e. The number of carboxylic acid groups (broad SMARTS) is 1. The number of aryl methyl sites for hydroxylation is 1. The van der Waals surface area contributed by atoms with Gasteiger partial charge in [-0.3, -0.25) is 0 Å². The van der Waals surface area contributed by atoms with Crippen LogP contribution in [0.5, 0.6) is 0 Å². The average Bonchev–Trinajstić information content (AvgIpc) is 2.60. The minimum atomic E-state index is -0.971. The van der Waals surface area contributed by atoms with Crippen LogP contribution >= 0.6 is 11.6 Å². The molecule has 0 amide bonds. The number of carboxylic acids is 1. The summed E-state index contributed by atoms with van der Waals surface area (Å²) in [5, 5.41) is 12.8. The summed E-state index contributed by atoms with van der Waals surface area (Å²) in [5.41, 5.74) is 3.24. The van der Waals surface area contributed by atoms with Crippen LogP contribution in [-0.2, 0) is 6.42 Å². The van der Waals surface area contributed by atoms with Crippen molar-refractivity contribution in [1.29, 1.82) is 0 Å². The zero-order valence-corrected chi connectivity index (χ0v) is 15.2. The van der Waals surface area contributed by atoms with Crippen LogP contribution in [0.4, 0.5) is 5.69 Å². The fourth-order valence-corrected chi connectivity index (χ4v) is 2.76. The van der Waals surface area contributed by atoms with Crippen molar-refractivity contribution >= 4 is 29.3 Å². The van der Waals surface area contributed by atoms with Crippen molar-refractivity contribution in [3.05, 3.63) is 70.3 Å². The van der Waals surface area contributed by atoms with Gasteiger partial charge in [0.15, 0.2) is 0 Å². The maximum Gasteiger partial charge on any atom is 0.337 e. The van der Waals surface area contributed by atoms with Crippen molar-refractivity contribution in [2.45, 2.75) is 32.6 Å². The number of nitrogens with one attached hydrogen (secondary N) is 1. The van der Waals surface area contributed by atoms with E-state index in [9.17, 15) is 9.90 Å². The molecule has 4 heteroatoms. The van der Waals surface area contributed by atoms with E-state index >= 15 is 0 Å². The van der Waals surface area contributed by atoms with Crippen LogP contribution in [0.2, 0.25) is 5.02 Å². The SMILES string of the molecule is CCCCCc1ccc(C=CCNc2cc(Cl)ccc2C(=O)O)cc1. The summed E-state index contributed by atoms with van der Waals surface area (Å²) < 4.78 is 0. The highest BCUT2D eigenvalue weighted by molar-refractivity contribution is 6.31. The molecule has 0 unspecified atom stereocenters. The molecule has 132 valence electrons. The van der Waals surface area contributed by atoms with Gasteiger partial charge in [0.25, 0.3) is 0 Å². The Labute approximate surface area is 154 Å². The third kappa shape index (κ3) is 6.28. The molecule has 2 aromatic carbocycles. The Balaban J connectivity index is 1.89. The molecule has 3 nitrogen and oxygen atoms in total. The normalized spacial score (nSPS) is 11.0. The van der Waals surface area contributed by atoms with Crippen LogP contribution in [0.1, 0.15) is 47.7 Å². The summed E-state index contributed by atoms with van der Waals surface area (Å²) in [7, 11) is 0. The van der Waals surface area contributed by atoms with Gasteiger partial charge >= 0.3 is 5.97 Å². The van der Waals surface area contributed by atoms with E-state index in [-0.39, 0.29) is 5.56 Å². The molecule has 0 spiro atoms. The van der Waals surface area contributed by atoms with Crippen molar-refractivity contribution in [1.82, 2.24) is 0 Å². The minimum absolute atomic E-state index is 0.217. The van der Waals surface area contributed by atoms with Crippen molar-refractivity contribution in [2.75, 3.05) is 11.9 Å². The maximum atomic E-state index is 11.2. The number of carbonyl (C=O) groups is 1. The summed E-state index contributed by atoms with van der Waals surface area (Å²) in [6, 6.07) is 13.3. The maximum absolute atomic E-state index is 11.2. The van der Waals surface area contributed by atoms with E-state index in [2.05, 4.69) is 36.5 Å². The number of unbranched alkanes of at least 4 members (excludes halogenated alkanes) is 2. The van der Waals surface area contributed by atoms with E-state index < -0.39 is 5.97 Å². The summed E-state index contributed by atoms with van der Waals surface area (Å²) >= 11 is 5.94. The highest BCUT2D eigenvalue weighted by Crippen LogP contribution is 2.21. The van der Waals surface area contributed by atoms with Crippen molar-refractivity contribution in [3.8, 4) is 0 Å². The lowest BCUT2D eigenvalue weighted by molar-refractivity contribution is 0.0698. The van der Waals surface area contributed by atoms with Crippen LogP contribution in [0.25, 0.3) is 6.08 Å². The lowest BCUT2D eigenvalue weighted by Gasteiger charge is -2.08. The summed E-state index contributed by atoms with van der Waals surface area (Å²) in [6.45, 7) is 2.74. The highest BCUT2D eigenvalue weighted by atomic mass is 35.5. The topological polar surface area (TPSA) is 49.3 Å². The van der Waals surface area contributed by atoms with Gasteiger partial charge in [-0.25, -0.2) is 4.79 Å². The lowest BCUT2D eigenvalue weighted by atomic mass is 10.1. The first-order valence-electron chi connectivity index (χ1n) is 8.62. The molecular weight excluding hydrogens is 334 g/mol. The Morgan fingerprint density at radius 1 is 1.16 bits per heavy atom. The number of aromatic carboxylic acids is 1. The third-order valence-corrected chi connectivity index (χ3v) is 4.22. The molecule has 0 aromatic heterocycles. The number of hydrogen-bond donors (Lipinski definition) is 2. The molecule has 0 atom stereocenters. The molecular formula is C21H24ClNO2. The number of benzene rings is 2. The standard InChI is InChI=1S/C21H24ClNO2/c1-2-3-4-6-16-8-10-17(11-9-16)7-5-14-23-20-15-18(22)12-13-19(20)21(24)25/h5,7-13,15,23H,2-4,6,14H2,1H3,(H,24,25). The van der Waals surface area contributed by atoms with E-state index in [0.717, 1.165) is 12.0 Å². The summed E-state index contributed by atoms with van der Waals surface area (Å²) in [6.07, 6.45) is 8.87. The van der Waals surface area contributed by atoms with Gasteiger partial charge in [0.05, 0.1) is 11.3 Å². The van der Waals surface area contributed by atoms with Gasteiger partial charge in [0.1, 0.15) is 0 Å². The van der Waals surface area contributed by atoms with Crippen LogP contribution in [0.15, 0.2) is 48.5 Å². The first-order chi connectivity index (χ1) is 12.1. The average molecular weight is 358 g/mol. The number of hydrogen-bond acceptors (Lipinski definition) is 2. The van der Waals surface area contributed by atoms with E-state index in [1.54, 1.807) is 12.1 Å². The molecule has 0 aliphatic carbocycles. The van der Waals surface area contributed by atoms with Gasteiger partial charge in [-0.05, 0) is 42.2 Å². The van der Waals surface area contributed by atoms with Crippen molar-refractivity contribution < 1.29 is 9.90 Å². The first-order valence-corrected chi connectivity index (χ1v) is 9.00. The van der Waals surface area contributed by atoms with Crippen LogP contribution in [0, 0.1) is 0 Å². The molecule has 0 saturated heterocycles. The van der Waals surface area contributed by atoms with Gasteiger partial charge in [0, 0.05) is 11.6 Å². The predicted octanol–water partition coefficient (Wildman–Crippen LogP) is 5.90. The van der Waals surface area contributed by atoms with Gasteiger partial charge < -0.3 is 10.4 Å². The van der Waals surface area contributed by atoms with Crippen LogP contribution in [-0.4, -0.2) is 17.6 Å². The molecule has 0 aliphatic rings. The zero-order chi connectivity index (χ0) is 18.1. The first kappa shape index (κ1) is 19.1. The Hall–Kier alpha value is -2.26.